The third-order valence-electron chi connectivity index (χ3n) is 4.92. The van der Waals surface area contributed by atoms with Crippen molar-refractivity contribution in [2.75, 3.05) is 13.1 Å². The molecule has 5 nitrogen and oxygen atoms in total. The lowest BCUT2D eigenvalue weighted by Crippen LogP contribution is -2.39. The quantitative estimate of drug-likeness (QED) is 0.718. The van der Waals surface area contributed by atoms with E-state index in [0.717, 1.165) is 43.0 Å². The summed E-state index contributed by atoms with van der Waals surface area (Å²) in [5.41, 5.74) is 3.40. The Bertz CT molecular complexity index is 830. The van der Waals surface area contributed by atoms with Gasteiger partial charge in [-0.2, -0.15) is 0 Å². The molecule has 5 heteroatoms. The van der Waals surface area contributed by atoms with Gasteiger partial charge in [0.2, 0.25) is 0 Å². The van der Waals surface area contributed by atoms with Crippen molar-refractivity contribution < 1.29 is 4.74 Å². The molecule has 0 N–H and O–H groups in total. The number of pyridine rings is 1. The van der Waals surface area contributed by atoms with Gasteiger partial charge in [-0.3, -0.25) is 9.88 Å². The van der Waals surface area contributed by atoms with Crippen LogP contribution in [-0.4, -0.2) is 38.6 Å². The molecule has 1 fully saturated rings. The summed E-state index contributed by atoms with van der Waals surface area (Å²) in [4.78, 5) is 11.4. The van der Waals surface area contributed by atoms with E-state index in [9.17, 15) is 0 Å². The van der Waals surface area contributed by atoms with Crippen LogP contribution in [0, 0.1) is 0 Å². The average Bonchev–Trinajstić information content (AvgIpc) is 2.97. The van der Waals surface area contributed by atoms with E-state index in [1.165, 1.54) is 11.9 Å². The fourth-order valence-corrected chi connectivity index (χ4v) is 3.53. The van der Waals surface area contributed by atoms with Crippen molar-refractivity contribution >= 4 is 11.0 Å². The summed E-state index contributed by atoms with van der Waals surface area (Å²) in [5.74, 6) is 1.12. The Morgan fingerprint density at radius 1 is 1.20 bits per heavy atom. The van der Waals surface area contributed by atoms with Gasteiger partial charge in [-0.1, -0.05) is 18.2 Å². The summed E-state index contributed by atoms with van der Waals surface area (Å²) in [6, 6.07) is 12.3. The molecule has 25 heavy (non-hydrogen) atoms. The minimum atomic E-state index is 0.281. The molecular formula is C20H24N4O. The zero-order valence-corrected chi connectivity index (χ0v) is 14.6. The first-order valence-electron chi connectivity index (χ1n) is 8.93. The number of para-hydroxylation sites is 2. The number of aryl methyl sites for hydroxylation is 1. The van der Waals surface area contributed by atoms with Crippen LogP contribution in [0.3, 0.4) is 0 Å². The third kappa shape index (κ3) is 3.72. The fourth-order valence-electron chi connectivity index (χ4n) is 3.53. The van der Waals surface area contributed by atoms with E-state index in [2.05, 4.69) is 45.8 Å². The van der Waals surface area contributed by atoms with Gasteiger partial charge >= 0.3 is 0 Å². The van der Waals surface area contributed by atoms with Gasteiger partial charge in [-0.15, -0.1) is 0 Å². The standard InChI is InChI=1S/C20H24N4O/c1-23-19-9-3-2-8-18(19)22-20(23)14-24-11-5-7-17(13-24)25-15-16-6-4-10-21-12-16/h2-4,6,8-10,12,17H,5,7,11,13-15H2,1H3/t17-/m0/s1. The van der Waals surface area contributed by atoms with Gasteiger partial charge in [0.05, 0.1) is 30.3 Å². The Balaban J connectivity index is 1.38. The second-order valence-electron chi connectivity index (χ2n) is 6.75. The zero-order valence-electron chi connectivity index (χ0n) is 14.6. The Morgan fingerprint density at radius 3 is 2.96 bits per heavy atom. The molecule has 3 heterocycles. The highest BCUT2D eigenvalue weighted by molar-refractivity contribution is 5.75. The number of ether oxygens (including phenoxy) is 1. The van der Waals surface area contributed by atoms with Crippen molar-refractivity contribution in [2.45, 2.75) is 32.1 Å². The van der Waals surface area contributed by atoms with Gasteiger partial charge in [0.15, 0.2) is 0 Å². The molecule has 0 aliphatic carbocycles. The van der Waals surface area contributed by atoms with E-state index in [-0.39, 0.29) is 6.10 Å². The maximum Gasteiger partial charge on any atom is 0.123 e. The van der Waals surface area contributed by atoms with E-state index in [0.29, 0.717) is 6.61 Å². The maximum atomic E-state index is 6.12. The Morgan fingerprint density at radius 2 is 2.12 bits per heavy atom. The van der Waals surface area contributed by atoms with E-state index >= 15 is 0 Å². The van der Waals surface area contributed by atoms with E-state index in [1.54, 1.807) is 6.20 Å². The molecule has 0 bridgehead atoms. The molecule has 1 aromatic carbocycles. The normalized spacial score (nSPS) is 18.7. The van der Waals surface area contributed by atoms with Crippen LogP contribution in [-0.2, 0) is 24.9 Å². The highest BCUT2D eigenvalue weighted by Crippen LogP contribution is 2.19. The average molecular weight is 336 g/mol. The van der Waals surface area contributed by atoms with Crippen molar-refractivity contribution in [1.29, 1.82) is 0 Å². The van der Waals surface area contributed by atoms with Crippen LogP contribution in [0.4, 0.5) is 0 Å². The van der Waals surface area contributed by atoms with Crippen molar-refractivity contribution in [3.63, 3.8) is 0 Å². The molecule has 0 saturated carbocycles. The van der Waals surface area contributed by atoms with Gasteiger partial charge < -0.3 is 9.30 Å². The van der Waals surface area contributed by atoms with E-state index in [1.807, 2.05) is 18.3 Å². The summed E-state index contributed by atoms with van der Waals surface area (Å²) in [5, 5.41) is 0. The van der Waals surface area contributed by atoms with Crippen LogP contribution in [0.15, 0.2) is 48.8 Å². The largest absolute Gasteiger partial charge is 0.372 e. The molecule has 2 aromatic heterocycles. The Kier molecular flexibility index (Phi) is 4.76. The summed E-state index contributed by atoms with van der Waals surface area (Å²) in [7, 11) is 2.10. The topological polar surface area (TPSA) is 43.2 Å². The smallest absolute Gasteiger partial charge is 0.123 e. The van der Waals surface area contributed by atoms with Crippen molar-refractivity contribution in [2.24, 2.45) is 7.05 Å². The molecule has 4 rings (SSSR count). The minimum Gasteiger partial charge on any atom is -0.372 e. The molecule has 0 radical (unpaired) electrons. The first-order valence-corrected chi connectivity index (χ1v) is 8.93. The minimum absolute atomic E-state index is 0.281. The number of aromatic nitrogens is 3. The molecule has 0 spiro atoms. The first-order chi connectivity index (χ1) is 12.3. The summed E-state index contributed by atoms with van der Waals surface area (Å²) in [6.45, 7) is 3.58. The van der Waals surface area contributed by atoms with Crippen LogP contribution >= 0.6 is 0 Å². The lowest BCUT2D eigenvalue weighted by Gasteiger charge is -2.32. The molecule has 1 saturated heterocycles. The maximum absolute atomic E-state index is 6.12. The number of hydrogen-bond acceptors (Lipinski definition) is 4. The Hall–Kier alpha value is -2.24. The SMILES string of the molecule is Cn1c(CN2CCC[C@H](OCc3cccnc3)C2)nc2ccccc21. The number of likely N-dealkylation sites (tertiary alicyclic amines) is 1. The van der Waals surface area contributed by atoms with Crippen molar-refractivity contribution in [3.05, 3.63) is 60.2 Å². The predicted octanol–water partition coefficient (Wildman–Crippen LogP) is 3.15. The van der Waals surface area contributed by atoms with Crippen molar-refractivity contribution in [1.82, 2.24) is 19.4 Å². The van der Waals surface area contributed by atoms with E-state index < -0.39 is 0 Å². The summed E-state index contributed by atoms with van der Waals surface area (Å²) in [6.07, 6.45) is 6.24. The second kappa shape index (κ2) is 7.33. The van der Waals surface area contributed by atoms with Crippen molar-refractivity contribution in [3.8, 4) is 0 Å². The number of hydrogen-bond donors (Lipinski definition) is 0. The van der Waals surface area contributed by atoms with Crippen LogP contribution in [0.5, 0.6) is 0 Å². The molecule has 130 valence electrons. The number of benzene rings is 1. The highest BCUT2D eigenvalue weighted by atomic mass is 16.5. The van der Waals surface area contributed by atoms with Crippen LogP contribution in [0.2, 0.25) is 0 Å². The summed E-state index contributed by atoms with van der Waals surface area (Å²) < 4.78 is 8.32. The van der Waals surface area contributed by atoms with Gasteiger partial charge in [-0.05, 0) is 43.1 Å². The first kappa shape index (κ1) is 16.2. The van der Waals surface area contributed by atoms with Crippen LogP contribution in [0.25, 0.3) is 11.0 Å². The molecule has 1 atom stereocenters. The molecule has 3 aromatic rings. The lowest BCUT2D eigenvalue weighted by molar-refractivity contribution is -0.0128. The number of nitrogens with zero attached hydrogens (tertiary/aromatic N) is 4. The fraction of sp³-hybridized carbons (Fsp3) is 0.400. The lowest BCUT2D eigenvalue weighted by atomic mass is 10.1. The van der Waals surface area contributed by atoms with E-state index in [4.69, 9.17) is 9.72 Å². The highest BCUT2D eigenvalue weighted by Gasteiger charge is 2.22. The Labute approximate surface area is 148 Å². The van der Waals surface area contributed by atoms with Gasteiger partial charge in [0.1, 0.15) is 5.82 Å². The second-order valence-corrected chi connectivity index (χ2v) is 6.75. The molecular weight excluding hydrogens is 312 g/mol. The van der Waals surface area contributed by atoms with Crippen LogP contribution in [0.1, 0.15) is 24.2 Å². The van der Waals surface area contributed by atoms with Gasteiger partial charge in [0, 0.05) is 26.0 Å². The molecule has 0 unspecified atom stereocenters. The molecule has 1 aliphatic heterocycles. The molecule has 1 aliphatic rings. The predicted molar refractivity (Wildman–Crippen MR) is 98.0 cm³/mol. The zero-order chi connectivity index (χ0) is 17.1. The monoisotopic (exact) mass is 336 g/mol. The van der Waals surface area contributed by atoms with Gasteiger partial charge in [-0.25, -0.2) is 4.98 Å². The summed E-state index contributed by atoms with van der Waals surface area (Å²) >= 11 is 0. The number of piperidine rings is 1. The van der Waals surface area contributed by atoms with Gasteiger partial charge in [0.25, 0.3) is 0 Å². The third-order valence-corrected chi connectivity index (χ3v) is 4.92. The number of fused-ring (bicyclic) bond motifs is 1. The number of imidazole rings is 1. The molecule has 0 amide bonds. The number of rotatable bonds is 5. The van der Waals surface area contributed by atoms with Crippen LogP contribution < -0.4 is 0 Å².